The molecule has 1 atom stereocenters. The summed E-state index contributed by atoms with van der Waals surface area (Å²) in [6.07, 6.45) is 0. The van der Waals surface area contributed by atoms with Crippen LogP contribution < -0.4 is 10.6 Å². The fourth-order valence-corrected chi connectivity index (χ4v) is 2.59. The van der Waals surface area contributed by atoms with Gasteiger partial charge in [-0.25, -0.2) is 4.79 Å². The molecule has 0 aliphatic carbocycles. The molecule has 1 aromatic rings. The number of amides is 3. The van der Waals surface area contributed by atoms with Gasteiger partial charge in [0.15, 0.2) is 6.61 Å². The van der Waals surface area contributed by atoms with Gasteiger partial charge in [-0.3, -0.25) is 14.9 Å². The summed E-state index contributed by atoms with van der Waals surface area (Å²) in [6.45, 7) is 3.38. The zero-order chi connectivity index (χ0) is 17.2. The van der Waals surface area contributed by atoms with Crippen molar-refractivity contribution in [1.82, 2.24) is 10.6 Å². The monoisotopic (exact) mass is 402 g/mol. The topological polar surface area (TPSA) is 84.5 Å². The van der Waals surface area contributed by atoms with Crippen LogP contribution in [0.4, 0.5) is 4.79 Å². The Labute approximate surface area is 147 Å². The molecule has 3 amide bonds. The number of urea groups is 1. The minimum atomic E-state index is -0.658. The van der Waals surface area contributed by atoms with E-state index in [0.29, 0.717) is 12.3 Å². The van der Waals surface area contributed by atoms with Gasteiger partial charge in [-0.1, -0.05) is 28.1 Å². The van der Waals surface area contributed by atoms with Crippen LogP contribution in [-0.2, 0) is 20.1 Å². The highest BCUT2D eigenvalue weighted by molar-refractivity contribution is 9.10. The molecule has 0 bridgehead atoms. The van der Waals surface area contributed by atoms with Crippen molar-refractivity contribution in [2.24, 2.45) is 0 Å². The molecule has 8 heteroatoms. The number of nitrogens with one attached hydrogen (secondary N) is 2. The fraction of sp³-hybridized carbons (Fsp3) is 0.400. The Morgan fingerprint density at radius 2 is 1.91 bits per heavy atom. The summed E-state index contributed by atoms with van der Waals surface area (Å²) < 4.78 is 5.89. The second-order valence-electron chi connectivity index (χ2n) is 4.60. The van der Waals surface area contributed by atoms with Crippen LogP contribution in [0.1, 0.15) is 19.4 Å². The summed E-state index contributed by atoms with van der Waals surface area (Å²) in [7, 11) is 0. The average molecular weight is 403 g/mol. The van der Waals surface area contributed by atoms with Gasteiger partial charge in [0.25, 0.3) is 5.91 Å². The van der Waals surface area contributed by atoms with Crippen molar-refractivity contribution in [3.63, 3.8) is 0 Å². The van der Waals surface area contributed by atoms with E-state index in [4.69, 9.17) is 4.74 Å². The molecule has 23 heavy (non-hydrogen) atoms. The minimum Gasteiger partial charge on any atom is -0.455 e. The molecule has 0 aromatic heterocycles. The van der Waals surface area contributed by atoms with E-state index in [9.17, 15) is 14.4 Å². The van der Waals surface area contributed by atoms with E-state index >= 15 is 0 Å². The van der Waals surface area contributed by atoms with Crippen molar-refractivity contribution in [3.8, 4) is 0 Å². The molecule has 2 N–H and O–H groups in total. The maximum atomic E-state index is 11.8. The Kier molecular flexibility index (Phi) is 8.71. The molecule has 0 aliphatic heterocycles. The lowest BCUT2D eigenvalue weighted by Gasteiger charge is -2.11. The zero-order valence-electron chi connectivity index (χ0n) is 12.9. The van der Waals surface area contributed by atoms with Crippen LogP contribution in [0.5, 0.6) is 0 Å². The molecule has 126 valence electrons. The first-order valence-corrected chi connectivity index (χ1v) is 8.87. The second kappa shape index (κ2) is 10.3. The first kappa shape index (κ1) is 19.5. The maximum Gasteiger partial charge on any atom is 0.321 e. The summed E-state index contributed by atoms with van der Waals surface area (Å²) in [6, 6.07) is 7.20. The van der Waals surface area contributed by atoms with E-state index in [1.807, 2.05) is 24.3 Å². The quantitative estimate of drug-likeness (QED) is 0.684. The standard InChI is InChI=1S/C15H19BrN2O4S/c1-3-17-15(21)18-13(19)8-22-14(20)10(2)23-9-11-4-6-12(16)7-5-11/h4-7,10H,3,8-9H2,1-2H3,(H2,17,18,19,21)/t10-/m0/s1. The Morgan fingerprint density at radius 3 is 2.52 bits per heavy atom. The third-order valence-corrected chi connectivity index (χ3v) is 4.40. The number of ether oxygens (including phenoxy) is 1. The van der Waals surface area contributed by atoms with Crippen LogP contribution in [0.2, 0.25) is 0 Å². The highest BCUT2D eigenvalue weighted by Crippen LogP contribution is 2.20. The Bertz CT molecular complexity index is 551. The third-order valence-electron chi connectivity index (χ3n) is 2.68. The number of thioether (sulfide) groups is 1. The number of rotatable bonds is 7. The van der Waals surface area contributed by atoms with Crippen LogP contribution in [-0.4, -0.2) is 36.3 Å². The minimum absolute atomic E-state index is 0.405. The third kappa shape index (κ3) is 8.03. The smallest absolute Gasteiger partial charge is 0.321 e. The molecular weight excluding hydrogens is 384 g/mol. The summed E-state index contributed by atoms with van der Waals surface area (Å²) in [4.78, 5) is 34.3. The Balaban J connectivity index is 2.29. The normalized spacial score (nSPS) is 11.4. The van der Waals surface area contributed by atoms with E-state index < -0.39 is 29.8 Å². The molecule has 0 radical (unpaired) electrons. The maximum absolute atomic E-state index is 11.8. The first-order valence-electron chi connectivity index (χ1n) is 7.02. The molecular formula is C15H19BrN2O4S. The van der Waals surface area contributed by atoms with Crippen molar-refractivity contribution >= 4 is 45.6 Å². The number of imide groups is 1. The molecule has 0 saturated heterocycles. The van der Waals surface area contributed by atoms with Gasteiger partial charge in [-0.05, 0) is 31.5 Å². The average Bonchev–Trinajstić information content (AvgIpc) is 2.51. The number of benzene rings is 1. The van der Waals surface area contributed by atoms with Gasteiger partial charge in [0.1, 0.15) is 0 Å². The molecule has 0 aliphatic rings. The van der Waals surface area contributed by atoms with Gasteiger partial charge in [-0.15, -0.1) is 11.8 Å². The summed E-state index contributed by atoms with van der Waals surface area (Å²) in [5.41, 5.74) is 1.09. The molecule has 1 aromatic carbocycles. The predicted molar refractivity (Wildman–Crippen MR) is 93.1 cm³/mol. The molecule has 1 rings (SSSR count). The number of carbonyl (C=O) groups is 3. The van der Waals surface area contributed by atoms with Crippen LogP contribution in [0, 0.1) is 0 Å². The van der Waals surface area contributed by atoms with Gasteiger partial charge in [0.2, 0.25) is 0 Å². The Hall–Kier alpha value is -1.54. The van der Waals surface area contributed by atoms with Crippen LogP contribution in [0.15, 0.2) is 28.7 Å². The number of hydrogen-bond donors (Lipinski definition) is 2. The van der Waals surface area contributed by atoms with E-state index in [1.54, 1.807) is 13.8 Å². The van der Waals surface area contributed by atoms with E-state index in [2.05, 4.69) is 26.6 Å². The molecule has 0 spiro atoms. The molecule has 0 saturated carbocycles. The van der Waals surface area contributed by atoms with Crippen molar-refractivity contribution in [2.45, 2.75) is 24.9 Å². The van der Waals surface area contributed by atoms with Crippen molar-refractivity contribution in [2.75, 3.05) is 13.2 Å². The highest BCUT2D eigenvalue weighted by atomic mass is 79.9. The number of halogens is 1. The zero-order valence-corrected chi connectivity index (χ0v) is 15.3. The molecule has 0 unspecified atom stereocenters. The fourth-order valence-electron chi connectivity index (χ4n) is 1.49. The van der Waals surface area contributed by atoms with Gasteiger partial charge in [0, 0.05) is 16.8 Å². The predicted octanol–water partition coefficient (Wildman–Crippen LogP) is 2.46. The number of carbonyl (C=O) groups excluding carboxylic acids is 3. The summed E-state index contributed by atoms with van der Waals surface area (Å²) in [5, 5.41) is 4.06. The second-order valence-corrected chi connectivity index (χ2v) is 6.84. The lowest BCUT2D eigenvalue weighted by Crippen LogP contribution is -2.41. The summed E-state index contributed by atoms with van der Waals surface area (Å²) >= 11 is 4.78. The van der Waals surface area contributed by atoms with Gasteiger partial charge < -0.3 is 10.1 Å². The lowest BCUT2D eigenvalue weighted by atomic mass is 10.2. The highest BCUT2D eigenvalue weighted by Gasteiger charge is 2.17. The Morgan fingerprint density at radius 1 is 1.26 bits per heavy atom. The molecule has 0 fully saturated rings. The van der Waals surface area contributed by atoms with E-state index in [0.717, 1.165) is 10.0 Å². The first-order chi connectivity index (χ1) is 10.9. The molecule has 6 nitrogen and oxygen atoms in total. The van der Waals surface area contributed by atoms with Crippen LogP contribution >= 0.6 is 27.7 Å². The summed E-state index contributed by atoms with van der Waals surface area (Å²) in [5.74, 6) is -0.484. The lowest BCUT2D eigenvalue weighted by molar-refractivity contribution is -0.147. The van der Waals surface area contributed by atoms with E-state index in [1.165, 1.54) is 11.8 Å². The van der Waals surface area contributed by atoms with Gasteiger partial charge in [-0.2, -0.15) is 0 Å². The number of hydrogen-bond acceptors (Lipinski definition) is 5. The van der Waals surface area contributed by atoms with Gasteiger partial charge in [0.05, 0.1) is 5.25 Å². The largest absolute Gasteiger partial charge is 0.455 e. The van der Waals surface area contributed by atoms with Crippen LogP contribution in [0.3, 0.4) is 0 Å². The SMILES string of the molecule is CCNC(=O)NC(=O)COC(=O)[C@H](C)SCc1ccc(Br)cc1. The van der Waals surface area contributed by atoms with E-state index in [-0.39, 0.29) is 0 Å². The van der Waals surface area contributed by atoms with Crippen molar-refractivity contribution < 1.29 is 19.1 Å². The van der Waals surface area contributed by atoms with Crippen molar-refractivity contribution in [3.05, 3.63) is 34.3 Å². The number of esters is 1. The van der Waals surface area contributed by atoms with Crippen LogP contribution in [0.25, 0.3) is 0 Å². The van der Waals surface area contributed by atoms with Crippen molar-refractivity contribution in [1.29, 1.82) is 0 Å². The van der Waals surface area contributed by atoms with Gasteiger partial charge >= 0.3 is 12.0 Å². The molecule has 0 heterocycles.